The van der Waals surface area contributed by atoms with Crippen molar-refractivity contribution in [2.24, 2.45) is 5.92 Å². The zero-order chi connectivity index (χ0) is 21.8. The van der Waals surface area contributed by atoms with Crippen LogP contribution in [-0.4, -0.2) is 15.7 Å². The van der Waals surface area contributed by atoms with Gasteiger partial charge >= 0.3 is 0 Å². The number of amides is 1. The molecule has 1 heterocycles. The van der Waals surface area contributed by atoms with Crippen LogP contribution in [0.2, 0.25) is 0 Å². The Bertz CT molecular complexity index is 1080. The summed E-state index contributed by atoms with van der Waals surface area (Å²) in [4.78, 5) is 25.6. The minimum absolute atomic E-state index is 0.0985. The van der Waals surface area contributed by atoms with Crippen LogP contribution in [0.15, 0.2) is 53.3 Å². The molecule has 2 atom stereocenters. The Morgan fingerprint density at radius 1 is 1.00 bits per heavy atom. The molecule has 0 saturated carbocycles. The Morgan fingerprint density at radius 2 is 1.60 bits per heavy atom. The van der Waals surface area contributed by atoms with Gasteiger partial charge in [0, 0.05) is 5.39 Å². The number of nitrogens with zero attached hydrogens (tertiary/aromatic N) is 2. The third-order valence-electron chi connectivity index (χ3n) is 5.81. The van der Waals surface area contributed by atoms with Gasteiger partial charge in [-0.25, -0.2) is 4.68 Å². The predicted octanol–water partition coefficient (Wildman–Crippen LogP) is 4.73. The molecule has 30 heavy (non-hydrogen) atoms. The molecule has 1 N–H and O–H groups in total. The zero-order valence-electron chi connectivity index (χ0n) is 18.5. The van der Waals surface area contributed by atoms with Crippen molar-refractivity contribution in [3.05, 3.63) is 75.7 Å². The van der Waals surface area contributed by atoms with Gasteiger partial charge in [-0.05, 0) is 42.4 Å². The molecule has 0 aliphatic heterocycles. The number of aromatic nitrogens is 2. The molecule has 0 bridgehead atoms. The van der Waals surface area contributed by atoms with Crippen molar-refractivity contribution in [3.8, 4) is 0 Å². The molecule has 158 valence electrons. The van der Waals surface area contributed by atoms with Crippen LogP contribution >= 0.6 is 0 Å². The molecule has 1 aromatic heterocycles. The van der Waals surface area contributed by atoms with Crippen LogP contribution in [0.25, 0.3) is 10.8 Å². The van der Waals surface area contributed by atoms with E-state index in [1.165, 1.54) is 10.2 Å². The smallest absolute Gasteiger partial charge is 0.275 e. The molecule has 1 amide bonds. The second-order valence-corrected chi connectivity index (χ2v) is 8.36. The van der Waals surface area contributed by atoms with Gasteiger partial charge in [0.05, 0.1) is 17.1 Å². The lowest BCUT2D eigenvalue weighted by atomic mass is 9.92. The summed E-state index contributed by atoms with van der Waals surface area (Å²) < 4.78 is 1.26. The Morgan fingerprint density at radius 3 is 2.20 bits per heavy atom. The summed E-state index contributed by atoms with van der Waals surface area (Å²) in [6.45, 7) is 10.3. The van der Waals surface area contributed by atoms with Gasteiger partial charge < -0.3 is 5.32 Å². The number of carbonyl (C=O) groups is 1. The first-order valence-corrected chi connectivity index (χ1v) is 10.7. The van der Waals surface area contributed by atoms with E-state index in [2.05, 4.69) is 62.4 Å². The molecule has 0 aliphatic rings. The molecule has 5 nitrogen and oxygen atoms in total. The number of rotatable bonds is 7. The molecule has 2 unspecified atom stereocenters. The summed E-state index contributed by atoms with van der Waals surface area (Å²) in [5.74, 6) is 0.510. The summed E-state index contributed by atoms with van der Waals surface area (Å²) in [5.41, 5.74) is 2.86. The molecule has 2 aromatic carbocycles. The fourth-order valence-electron chi connectivity index (χ4n) is 3.77. The van der Waals surface area contributed by atoms with E-state index in [9.17, 15) is 9.59 Å². The number of carbonyl (C=O) groups excluding carboxylic acids is 1. The highest BCUT2D eigenvalue weighted by Crippen LogP contribution is 2.25. The lowest BCUT2D eigenvalue weighted by molar-refractivity contribution is -0.123. The quantitative estimate of drug-likeness (QED) is 0.618. The lowest BCUT2D eigenvalue weighted by Crippen LogP contribution is -2.37. The molecule has 0 radical (unpaired) electrons. The van der Waals surface area contributed by atoms with Crippen molar-refractivity contribution in [1.82, 2.24) is 15.1 Å². The summed E-state index contributed by atoms with van der Waals surface area (Å²) in [6, 6.07) is 15.7. The molecule has 0 saturated heterocycles. The Balaban J connectivity index is 1.80. The van der Waals surface area contributed by atoms with Gasteiger partial charge in [-0.1, -0.05) is 70.2 Å². The van der Waals surface area contributed by atoms with Gasteiger partial charge in [-0.15, -0.1) is 0 Å². The Labute approximate surface area is 178 Å². The predicted molar refractivity (Wildman–Crippen MR) is 122 cm³/mol. The molecular formula is C25H31N3O2. The van der Waals surface area contributed by atoms with Gasteiger partial charge in [0.1, 0.15) is 6.54 Å². The fourth-order valence-corrected chi connectivity index (χ4v) is 3.77. The van der Waals surface area contributed by atoms with Crippen molar-refractivity contribution < 1.29 is 4.79 Å². The normalized spacial score (nSPS) is 13.4. The topological polar surface area (TPSA) is 64.0 Å². The van der Waals surface area contributed by atoms with Crippen molar-refractivity contribution in [2.75, 3.05) is 0 Å². The van der Waals surface area contributed by atoms with Crippen molar-refractivity contribution in [1.29, 1.82) is 0 Å². The Kier molecular flexibility index (Phi) is 6.70. The highest BCUT2D eigenvalue weighted by atomic mass is 16.2. The number of benzene rings is 2. The fraction of sp³-hybridized carbons (Fsp3) is 0.400. The first kappa shape index (κ1) is 21.8. The second-order valence-electron chi connectivity index (χ2n) is 8.36. The largest absolute Gasteiger partial charge is 0.347 e. The van der Waals surface area contributed by atoms with E-state index in [1.807, 2.05) is 25.1 Å². The molecular weight excluding hydrogens is 374 g/mol. The first-order valence-electron chi connectivity index (χ1n) is 10.7. The van der Waals surface area contributed by atoms with Crippen LogP contribution < -0.4 is 10.9 Å². The maximum absolute atomic E-state index is 12.8. The van der Waals surface area contributed by atoms with Crippen molar-refractivity contribution in [3.63, 3.8) is 0 Å². The van der Waals surface area contributed by atoms with Crippen LogP contribution in [-0.2, 0) is 11.3 Å². The van der Waals surface area contributed by atoms with E-state index in [4.69, 9.17) is 0 Å². The van der Waals surface area contributed by atoms with E-state index in [1.54, 1.807) is 6.07 Å². The maximum Gasteiger partial charge on any atom is 0.275 e. The van der Waals surface area contributed by atoms with E-state index in [0.717, 1.165) is 23.1 Å². The monoisotopic (exact) mass is 405 g/mol. The number of fused-ring (bicyclic) bond motifs is 1. The zero-order valence-corrected chi connectivity index (χ0v) is 18.5. The average Bonchev–Trinajstić information content (AvgIpc) is 2.75. The van der Waals surface area contributed by atoms with Gasteiger partial charge in [-0.2, -0.15) is 5.10 Å². The van der Waals surface area contributed by atoms with Crippen LogP contribution in [0, 0.1) is 12.8 Å². The number of aryl methyl sites for hydroxylation is 1. The number of nitrogens with one attached hydrogen (secondary N) is 1. The number of hydrogen-bond acceptors (Lipinski definition) is 3. The summed E-state index contributed by atoms with van der Waals surface area (Å²) in [5, 5.41) is 8.85. The SMILES string of the molecule is CCC(C)c1ccc(C(NC(=O)Cn2nc(C)c3ccccc3c2=O)C(C)C)cc1. The minimum atomic E-state index is -0.245. The van der Waals surface area contributed by atoms with E-state index >= 15 is 0 Å². The first-order chi connectivity index (χ1) is 14.3. The molecule has 3 aromatic rings. The number of hydrogen-bond donors (Lipinski definition) is 1. The van der Waals surface area contributed by atoms with Crippen LogP contribution in [0.4, 0.5) is 0 Å². The summed E-state index contributed by atoms with van der Waals surface area (Å²) in [7, 11) is 0. The van der Waals surface area contributed by atoms with Crippen molar-refractivity contribution in [2.45, 2.75) is 59.5 Å². The minimum Gasteiger partial charge on any atom is -0.347 e. The van der Waals surface area contributed by atoms with Crippen molar-refractivity contribution >= 4 is 16.7 Å². The molecule has 0 fully saturated rings. The maximum atomic E-state index is 12.8. The average molecular weight is 406 g/mol. The molecule has 0 aliphatic carbocycles. The molecule has 3 rings (SSSR count). The Hall–Kier alpha value is -2.95. The third kappa shape index (κ3) is 4.61. The van der Waals surface area contributed by atoms with Gasteiger partial charge in [0.2, 0.25) is 5.91 Å². The van der Waals surface area contributed by atoms with E-state index in [0.29, 0.717) is 11.3 Å². The van der Waals surface area contributed by atoms with E-state index in [-0.39, 0.29) is 30.0 Å². The molecule has 5 heteroatoms. The van der Waals surface area contributed by atoms with Gasteiger partial charge in [0.25, 0.3) is 5.56 Å². The van der Waals surface area contributed by atoms with Gasteiger partial charge in [-0.3, -0.25) is 9.59 Å². The van der Waals surface area contributed by atoms with E-state index < -0.39 is 0 Å². The van der Waals surface area contributed by atoms with Crippen LogP contribution in [0.1, 0.15) is 62.9 Å². The third-order valence-corrected chi connectivity index (χ3v) is 5.81. The van der Waals surface area contributed by atoms with Gasteiger partial charge in [0.15, 0.2) is 0 Å². The highest BCUT2D eigenvalue weighted by molar-refractivity contribution is 5.83. The highest BCUT2D eigenvalue weighted by Gasteiger charge is 2.20. The molecule has 0 spiro atoms. The second kappa shape index (κ2) is 9.24. The van der Waals surface area contributed by atoms with Crippen LogP contribution in [0.5, 0.6) is 0 Å². The van der Waals surface area contributed by atoms with Crippen LogP contribution in [0.3, 0.4) is 0 Å². The summed E-state index contributed by atoms with van der Waals surface area (Å²) >= 11 is 0. The lowest BCUT2D eigenvalue weighted by Gasteiger charge is -2.24. The standard InChI is InChI=1S/C25H31N3O2/c1-6-17(4)19-11-13-20(14-12-19)24(16(2)3)26-23(29)15-28-25(30)22-10-8-7-9-21(22)18(5)27-28/h7-14,16-17,24H,6,15H2,1-5H3,(H,26,29). The summed E-state index contributed by atoms with van der Waals surface area (Å²) in [6.07, 6.45) is 1.09.